The molecule has 6 nitrogen and oxygen atoms in total. The minimum Gasteiger partial charge on any atom is -0.337 e. The molecule has 116 valence electrons. The largest absolute Gasteiger partial charge is 0.337 e. The third kappa shape index (κ3) is 4.33. The fourth-order valence-corrected chi connectivity index (χ4v) is 2.51. The van der Waals surface area contributed by atoms with Gasteiger partial charge in [-0.1, -0.05) is 22.7 Å². The second kappa shape index (κ2) is 7.46. The summed E-state index contributed by atoms with van der Waals surface area (Å²) in [5.74, 6) is 0. The number of benzene rings is 1. The number of carbonyl (C=O) groups is 1. The molecule has 2 aromatic heterocycles. The monoisotopic (exact) mass is 325 g/mol. The van der Waals surface area contributed by atoms with Gasteiger partial charge in [-0.25, -0.2) is 4.79 Å². The van der Waals surface area contributed by atoms with E-state index in [0.29, 0.717) is 13.0 Å². The van der Waals surface area contributed by atoms with E-state index >= 15 is 0 Å². The number of nitrogens with one attached hydrogen (secondary N) is 2. The second-order valence-corrected chi connectivity index (χ2v) is 5.43. The third-order valence-corrected chi connectivity index (χ3v) is 3.70. The van der Waals surface area contributed by atoms with Crippen molar-refractivity contribution in [3.8, 4) is 11.3 Å². The number of carbonyl (C=O) groups excluding carboxylic acids is 1. The van der Waals surface area contributed by atoms with Gasteiger partial charge in [0.15, 0.2) is 0 Å². The molecule has 2 amide bonds. The highest BCUT2D eigenvalue weighted by atomic mass is 32.1. The zero-order valence-electron chi connectivity index (χ0n) is 12.3. The van der Waals surface area contributed by atoms with Crippen LogP contribution >= 0.6 is 11.5 Å². The topological polar surface area (TPSA) is 79.8 Å². The van der Waals surface area contributed by atoms with E-state index < -0.39 is 0 Å². The van der Waals surface area contributed by atoms with Crippen molar-refractivity contribution >= 4 is 23.3 Å². The summed E-state index contributed by atoms with van der Waals surface area (Å²) in [4.78, 5) is 16.1. The van der Waals surface area contributed by atoms with Crippen LogP contribution in [-0.4, -0.2) is 27.1 Å². The van der Waals surface area contributed by atoms with Crippen LogP contribution in [0, 0.1) is 0 Å². The molecule has 0 saturated carbocycles. The van der Waals surface area contributed by atoms with Gasteiger partial charge in [-0.2, -0.15) is 0 Å². The molecule has 3 rings (SSSR count). The van der Waals surface area contributed by atoms with Crippen LogP contribution in [0.5, 0.6) is 0 Å². The highest BCUT2D eigenvalue weighted by Gasteiger charge is 2.04. The van der Waals surface area contributed by atoms with Crippen LogP contribution in [0.3, 0.4) is 0 Å². The zero-order chi connectivity index (χ0) is 15.9. The van der Waals surface area contributed by atoms with E-state index in [-0.39, 0.29) is 6.03 Å². The Labute approximate surface area is 137 Å². The van der Waals surface area contributed by atoms with Gasteiger partial charge in [0, 0.05) is 41.5 Å². The van der Waals surface area contributed by atoms with Crippen molar-refractivity contribution in [2.45, 2.75) is 6.42 Å². The van der Waals surface area contributed by atoms with Gasteiger partial charge in [-0.3, -0.25) is 4.98 Å². The summed E-state index contributed by atoms with van der Waals surface area (Å²) >= 11 is 1.31. The SMILES string of the molecule is O=C(NCCc1ccccn1)Nc1ccc(-c2csnn2)cc1. The van der Waals surface area contributed by atoms with Crippen LogP contribution in [0.1, 0.15) is 5.69 Å². The van der Waals surface area contributed by atoms with Gasteiger partial charge in [0.05, 0.1) is 0 Å². The van der Waals surface area contributed by atoms with Gasteiger partial charge in [-0.05, 0) is 35.8 Å². The van der Waals surface area contributed by atoms with Crippen LogP contribution in [0.4, 0.5) is 10.5 Å². The van der Waals surface area contributed by atoms with Gasteiger partial charge >= 0.3 is 6.03 Å². The predicted octanol–water partition coefficient (Wildman–Crippen LogP) is 2.96. The maximum atomic E-state index is 11.9. The Bertz CT molecular complexity index is 744. The van der Waals surface area contributed by atoms with Crippen LogP contribution in [0.2, 0.25) is 0 Å². The molecule has 23 heavy (non-hydrogen) atoms. The number of hydrogen-bond donors (Lipinski definition) is 2. The molecular weight excluding hydrogens is 310 g/mol. The van der Waals surface area contributed by atoms with Crippen LogP contribution in [0.15, 0.2) is 54.0 Å². The summed E-state index contributed by atoms with van der Waals surface area (Å²) in [7, 11) is 0. The second-order valence-electron chi connectivity index (χ2n) is 4.82. The van der Waals surface area contributed by atoms with E-state index in [4.69, 9.17) is 0 Å². The molecule has 0 saturated heterocycles. The molecule has 0 aliphatic rings. The van der Waals surface area contributed by atoms with Crippen molar-refractivity contribution in [3.05, 3.63) is 59.7 Å². The van der Waals surface area contributed by atoms with Gasteiger partial charge in [-0.15, -0.1) is 5.10 Å². The molecule has 2 N–H and O–H groups in total. The van der Waals surface area contributed by atoms with Crippen molar-refractivity contribution in [2.75, 3.05) is 11.9 Å². The summed E-state index contributed by atoms with van der Waals surface area (Å²) in [6, 6.07) is 13.0. The van der Waals surface area contributed by atoms with Crippen LogP contribution in [-0.2, 0) is 6.42 Å². The summed E-state index contributed by atoms with van der Waals surface area (Å²) in [6.45, 7) is 0.533. The average molecular weight is 325 g/mol. The third-order valence-electron chi connectivity index (χ3n) is 3.19. The standard InChI is InChI=1S/C16H15N5OS/c22-16(18-10-8-13-3-1-2-9-17-13)19-14-6-4-12(5-7-14)15-11-23-21-20-15/h1-7,9,11H,8,10H2,(H2,18,19,22). The average Bonchev–Trinajstić information content (AvgIpc) is 3.11. The van der Waals surface area contributed by atoms with E-state index in [1.54, 1.807) is 6.20 Å². The van der Waals surface area contributed by atoms with Crippen LogP contribution < -0.4 is 10.6 Å². The van der Waals surface area contributed by atoms with E-state index in [1.165, 1.54) is 11.5 Å². The molecule has 0 fully saturated rings. The first-order valence-electron chi connectivity index (χ1n) is 7.13. The lowest BCUT2D eigenvalue weighted by Gasteiger charge is -2.08. The Morgan fingerprint density at radius 3 is 2.70 bits per heavy atom. The predicted molar refractivity (Wildman–Crippen MR) is 90.3 cm³/mol. The van der Waals surface area contributed by atoms with Crippen molar-refractivity contribution in [1.29, 1.82) is 0 Å². The Morgan fingerprint density at radius 2 is 2.00 bits per heavy atom. The van der Waals surface area contributed by atoms with E-state index in [0.717, 1.165) is 22.6 Å². The summed E-state index contributed by atoms with van der Waals surface area (Å²) in [5.41, 5.74) is 3.49. The Kier molecular flexibility index (Phi) is 4.90. The summed E-state index contributed by atoms with van der Waals surface area (Å²) in [5, 5.41) is 11.5. The molecule has 0 atom stereocenters. The van der Waals surface area contributed by atoms with Crippen molar-refractivity contribution < 1.29 is 4.79 Å². The number of nitrogens with zero attached hydrogens (tertiary/aromatic N) is 3. The maximum Gasteiger partial charge on any atom is 0.319 e. The number of pyridine rings is 1. The fourth-order valence-electron chi connectivity index (χ4n) is 2.04. The number of rotatable bonds is 5. The summed E-state index contributed by atoms with van der Waals surface area (Å²) < 4.78 is 3.83. The Morgan fingerprint density at radius 1 is 1.13 bits per heavy atom. The highest BCUT2D eigenvalue weighted by molar-refractivity contribution is 7.03. The highest BCUT2D eigenvalue weighted by Crippen LogP contribution is 2.19. The summed E-state index contributed by atoms with van der Waals surface area (Å²) in [6.07, 6.45) is 2.44. The molecule has 0 aliphatic heterocycles. The Balaban J connectivity index is 1.48. The lowest BCUT2D eigenvalue weighted by atomic mass is 10.1. The van der Waals surface area contributed by atoms with Crippen LogP contribution in [0.25, 0.3) is 11.3 Å². The smallest absolute Gasteiger partial charge is 0.319 e. The number of aromatic nitrogens is 3. The normalized spacial score (nSPS) is 10.3. The number of hydrogen-bond acceptors (Lipinski definition) is 5. The van der Waals surface area contributed by atoms with Gasteiger partial charge in [0.1, 0.15) is 5.69 Å². The zero-order valence-corrected chi connectivity index (χ0v) is 13.1. The molecule has 1 aromatic carbocycles. The molecule has 0 radical (unpaired) electrons. The minimum absolute atomic E-state index is 0.232. The molecule has 0 aliphatic carbocycles. The fraction of sp³-hybridized carbons (Fsp3) is 0.125. The van der Waals surface area contributed by atoms with Gasteiger partial charge in [0.2, 0.25) is 0 Å². The minimum atomic E-state index is -0.232. The molecule has 2 heterocycles. The molecule has 0 unspecified atom stereocenters. The van der Waals surface area contributed by atoms with E-state index in [9.17, 15) is 4.79 Å². The molecule has 0 spiro atoms. The molecule has 0 bridgehead atoms. The van der Waals surface area contributed by atoms with E-state index in [1.807, 2.05) is 47.8 Å². The molecular formula is C16H15N5OS. The first kappa shape index (κ1) is 15.1. The Hall–Kier alpha value is -2.80. The maximum absolute atomic E-state index is 11.9. The lowest BCUT2D eigenvalue weighted by Crippen LogP contribution is -2.30. The quantitative estimate of drug-likeness (QED) is 0.756. The number of amides is 2. The molecule has 3 aromatic rings. The molecule has 7 heteroatoms. The first-order chi connectivity index (χ1) is 11.3. The van der Waals surface area contributed by atoms with Crippen molar-refractivity contribution in [1.82, 2.24) is 19.9 Å². The van der Waals surface area contributed by atoms with Crippen molar-refractivity contribution in [3.63, 3.8) is 0 Å². The van der Waals surface area contributed by atoms with Gasteiger partial charge in [0.25, 0.3) is 0 Å². The number of urea groups is 1. The van der Waals surface area contributed by atoms with E-state index in [2.05, 4.69) is 25.2 Å². The lowest BCUT2D eigenvalue weighted by molar-refractivity contribution is 0.252. The number of anilines is 1. The van der Waals surface area contributed by atoms with Crippen molar-refractivity contribution in [2.24, 2.45) is 0 Å². The first-order valence-corrected chi connectivity index (χ1v) is 7.97. The van der Waals surface area contributed by atoms with Gasteiger partial charge < -0.3 is 10.6 Å².